The molecule has 2 amide bonds. The van der Waals surface area contributed by atoms with Gasteiger partial charge in [-0.05, 0) is 46.3 Å². The summed E-state index contributed by atoms with van der Waals surface area (Å²) in [6, 6.07) is 1.74. The molecule has 0 radical (unpaired) electrons. The Morgan fingerprint density at radius 3 is 2.89 bits per heavy atom. The maximum Gasteiger partial charge on any atom is 0.317 e. The largest absolute Gasteiger partial charge is 0.481 e. The van der Waals surface area contributed by atoms with E-state index in [-0.39, 0.29) is 12.6 Å². The van der Waals surface area contributed by atoms with Crippen molar-refractivity contribution in [3.8, 4) is 0 Å². The highest BCUT2D eigenvalue weighted by Crippen LogP contribution is 2.30. The second kappa shape index (κ2) is 5.50. The molecular weight excluding hydrogens is 332 g/mol. The molecule has 1 saturated heterocycles. The van der Waals surface area contributed by atoms with Gasteiger partial charge in [-0.2, -0.15) is 0 Å². The van der Waals surface area contributed by atoms with Crippen LogP contribution < -0.4 is 5.32 Å². The molecule has 7 heteroatoms. The Morgan fingerprint density at radius 1 is 1.63 bits per heavy atom. The third-order valence-corrected chi connectivity index (χ3v) is 5.21. The maximum absolute atomic E-state index is 12.0. The van der Waals surface area contributed by atoms with Gasteiger partial charge in [-0.3, -0.25) is 4.79 Å². The fourth-order valence-corrected chi connectivity index (χ4v) is 3.28. The summed E-state index contributed by atoms with van der Waals surface area (Å²) in [5, 5.41) is 13.9. The number of hydrogen-bond acceptors (Lipinski definition) is 3. The third-order valence-electron chi connectivity index (χ3n) is 3.40. The van der Waals surface area contributed by atoms with Gasteiger partial charge in [-0.15, -0.1) is 11.3 Å². The van der Waals surface area contributed by atoms with Gasteiger partial charge in [0.2, 0.25) is 0 Å². The Morgan fingerprint density at radius 2 is 2.37 bits per heavy atom. The van der Waals surface area contributed by atoms with Crippen molar-refractivity contribution in [3.63, 3.8) is 0 Å². The second-order valence-corrected chi connectivity index (χ2v) is 7.15. The number of likely N-dealkylation sites (tertiary alicyclic amines) is 1. The SMILES string of the molecule is CC1(C(=O)O)CCN(C(=O)NCc2ccsc2Br)C1. The van der Waals surface area contributed by atoms with Crippen molar-refractivity contribution < 1.29 is 14.7 Å². The highest BCUT2D eigenvalue weighted by Gasteiger charge is 2.42. The van der Waals surface area contributed by atoms with Gasteiger partial charge < -0.3 is 15.3 Å². The highest BCUT2D eigenvalue weighted by atomic mass is 79.9. The van der Waals surface area contributed by atoms with E-state index in [1.54, 1.807) is 23.2 Å². The number of carboxylic acid groups (broad SMARTS) is 1. The molecule has 1 aliphatic heterocycles. The van der Waals surface area contributed by atoms with Gasteiger partial charge in [0.15, 0.2) is 0 Å². The van der Waals surface area contributed by atoms with E-state index >= 15 is 0 Å². The summed E-state index contributed by atoms with van der Waals surface area (Å²) in [7, 11) is 0. The number of carbonyl (C=O) groups is 2. The molecule has 5 nitrogen and oxygen atoms in total. The fourth-order valence-electron chi connectivity index (χ4n) is 2.04. The zero-order chi connectivity index (χ0) is 14.0. The summed E-state index contributed by atoms with van der Waals surface area (Å²) in [4.78, 5) is 24.7. The lowest BCUT2D eigenvalue weighted by molar-refractivity contribution is -0.146. The number of rotatable bonds is 3. The van der Waals surface area contributed by atoms with Crippen LogP contribution in [-0.4, -0.2) is 35.1 Å². The number of halogens is 1. The van der Waals surface area contributed by atoms with E-state index in [0.29, 0.717) is 19.5 Å². The van der Waals surface area contributed by atoms with Crippen molar-refractivity contribution in [2.75, 3.05) is 13.1 Å². The van der Waals surface area contributed by atoms with E-state index in [2.05, 4.69) is 21.2 Å². The van der Waals surface area contributed by atoms with Crippen LogP contribution in [0.3, 0.4) is 0 Å². The van der Waals surface area contributed by atoms with Crippen LogP contribution in [0.2, 0.25) is 0 Å². The second-order valence-electron chi connectivity index (χ2n) is 4.92. The zero-order valence-corrected chi connectivity index (χ0v) is 12.9. The molecule has 2 N–H and O–H groups in total. The summed E-state index contributed by atoms with van der Waals surface area (Å²) in [6.45, 7) is 2.87. The first-order valence-electron chi connectivity index (χ1n) is 5.90. The highest BCUT2D eigenvalue weighted by molar-refractivity contribution is 9.11. The maximum atomic E-state index is 12.0. The number of nitrogens with zero attached hydrogens (tertiary/aromatic N) is 1. The normalized spacial score (nSPS) is 22.5. The summed E-state index contributed by atoms with van der Waals surface area (Å²) in [6.07, 6.45) is 0.498. The van der Waals surface area contributed by atoms with Gasteiger partial charge in [-0.25, -0.2) is 4.79 Å². The molecule has 1 atom stereocenters. The molecule has 0 spiro atoms. The van der Waals surface area contributed by atoms with Gasteiger partial charge >= 0.3 is 12.0 Å². The minimum absolute atomic E-state index is 0.205. The molecule has 1 aliphatic rings. The lowest BCUT2D eigenvalue weighted by Crippen LogP contribution is -2.40. The Balaban J connectivity index is 1.89. The van der Waals surface area contributed by atoms with Crippen molar-refractivity contribution in [1.82, 2.24) is 10.2 Å². The third kappa shape index (κ3) is 3.09. The van der Waals surface area contributed by atoms with E-state index in [0.717, 1.165) is 9.35 Å². The molecule has 0 aromatic carbocycles. The number of thiophene rings is 1. The van der Waals surface area contributed by atoms with Crippen molar-refractivity contribution in [3.05, 3.63) is 20.8 Å². The molecule has 1 aromatic heterocycles. The van der Waals surface area contributed by atoms with Crippen LogP contribution in [0.5, 0.6) is 0 Å². The zero-order valence-electron chi connectivity index (χ0n) is 10.5. The number of nitrogens with one attached hydrogen (secondary N) is 1. The minimum Gasteiger partial charge on any atom is -0.481 e. The molecule has 0 aliphatic carbocycles. The Kier molecular flexibility index (Phi) is 4.15. The Hall–Kier alpha value is -1.08. The van der Waals surface area contributed by atoms with Gasteiger partial charge in [0, 0.05) is 19.6 Å². The molecule has 1 aromatic rings. The predicted octanol–water partition coefficient (Wildman–Crippen LogP) is 2.52. The van der Waals surface area contributed by atoms with Crippen LogP contribution in [-0.2, 0) is 11.3 Å². The fraction of sp³-hybridized carbons (Fsp3) is 0.500. The molecule has 2 heterocycles. The van der Waals surface area contributed by atoms with Crippen LogP contribution in [0.15, 0.2) is 15.2 Å². The van der Waals surface area contributed by atoms with E-state index in [1.807, 2.05) is 11.4 Å². The molecule has 1 unspecified atom stereocenters. The van der Waals surface area contributed by atoms with Gasteiger partial charge in [-0.1, -0.05) is 0 Å². The first kappa shape index (κ1) is 14.3. The first-order chi connectivity index (χ1) is 8.92. The molecule has 0 saturated carbocycles. The summed E-state index contributed by atoms with van der Waals surface area (Å²) < 4.78 is 1.00. The van der Waals surface area contributed by atoms with E-state index in [9.17, 15) is 9.59 Å². The predicted molar refractivity (Wildman–Crippen MR) is 76.2 cm³/mol. The lowest BCUT2D eigenvalue weighted by Gasteiger charge is -2.20. The molecule has 19 heavy (non-hydrogen) atoms. The average molecular weight is 347 g/mol. The van der Waals surface area contributed by atoms with Crippen LogP contribution >= 0.6 is 27.3 Å². The van der Waals surface area contributed by atoms with Crippen LogP contribution in [0.25, 0.3) is 0 Å². The number of urea groups is 1. The smallest absolute Gasteiger partial charge is 0.317 e. The molecule has 104 valence electrons. The first-order valence-corrected chi connectivity index (χ1v) is 7.58. The molecule has 0 bridgehead atoms. The standard InChI is InChI=1S/C12H15BrN2O3S/c1-12(10(16)17)3-4-15(7-12)11(18)14-6-8-2-5-19-9(8)13/h2,5H,3-4,6-7H2,1H3,(H,14,18)(H,16,17). The average Bonchev–Trinajstić information content (AvgIpc) is 2.94. The minimum atomic E-state index is -0.844. The number of aliphatic carboxylic acids is 1. The van der Waals surface area contributed by atoms with Crippen LogP contribution in [0.4, 0.5) is 4.79 Å². The Labute approximate surface area is 123 Å². The summed E-state index contributed by atoms with van der Waals surface area (Å²) in [5.41, 5.74) is 0.207. The van der Waals surface area contributed by atoms with E-state index in [1.165, 1.54) is 0 Å². The number of amides is 2. The monoisotopic (exact) mass is 346 g/mol. The molecular formula is C12H15BrN2O3S. The molecule has 2 rings (SSSR count). The topological polar surface area (TPSA) is 69.6 Å². The van der Waals surface area contributed by atoms with E-state index < -0.39 is 11.4 Å². The van der Waals surface area contributed by atoms with Crippen LogP contribution in [0, 0.1) is 5.41 Å². The van der Waals surface area contributed by atoms with Crippen molar-refractivity contribution in [2.45, 2.75) is 19.9 Å². The lowest BCUT2D eigenvalue weighted by atomic mass is 9.90. The van der Waals surface area contributed by atoms with Crippen LogP contribution in [0.1, 0.15) is 18.9 Å². The number of carboxylic acids is 1. The van der Waals surface area contributed by atoms with Crippen molar-refractivity contribution >= 4 is 39.3 Å². The summed E-state index contributed by atoms with van der Waals surface area (Å²) in [5.74, 6) is -0.844. The number of hydrogen-bond donors (Lipinski definition) is 2. The number of carbonyl (C=O) groups excluding carboxylic acids is 1. The van der Waals surface area contributed by atoms with Crippen molar-refractivity contribution in [1.29, 1.82) is 0 Å². The van der Waals surface area contributed by atoms with Crippen molar-refractivity contribution in [2.24, 2.45) is 5.41 Å². The van der Waals surface area contributed by atoms with Gasteiger partial charge in [0.1, 0.15) is 0 Å². The quantitative estimate of drug-likeness (QED) is 0.883. The van der Waals surface area contributed by atoms with Gasteiger partial charge in [0.25, 0.3) is 0 Å². The van der Waals surface area contributed by atoms with E-state index in [4.69, 9.17) is 5.11 Å². The summed E-state index contributed by atoms with van der Waals surface area (Å²) >= 11 is 4.98. The Bertz CT molecular complexity index is 505. The molecule has 1 fully saturated rings. The van der Waals surface area contributed by atoms with Gasteiger partial charge in [0.05, 0.1) is 9.20 Å².